The van der Waals surface area contributed by atoms with Crippen molar-refractivity contribution in [1.29, 1.82) is 0 Å². The zero-order valence-electron chi connectivity index (χ0n) is 38.5. The van der Waals surface area contributed by atoms with Crippen LogP contribution in [0.25, 0.3) is 11.2 Å². The standard InChI is InChI=1S/C56H53N5O7/c1-62-46-25-17-42(18-26-46)55(40-13-7-5-8-14-40,43-19-27-47(63-2)28-20-43)66-36-12-11-35-57-53-52-54(59-38-58-53)61(39-60-52)51-34-33-50(68-51)37-67-56(41-15-9-6-10-16-41,44-21-29-48(64-3)30-22-44)45-23-31-49(65-4)32-24-45/h5-10,13-32,38-39,50-51H,33-37H2,1-4H3,(H,57,58,59)/t50-,51-/m1/s1. The van der Waals surface area contributed by atoms with Crippen LogP contribution in [0.15, 0.2) is 170 Å². The molecule has 1 fully saturated rings. The van der Waals surface area contributed by atoms with Gasteiger partial charge in [0.25, 0.3) is 0 Å². The van der Waals surface area contributed by atoms with Crippen molar-refractivity contribution >= 4 is 17.0 Å². The lowest BCUT2D eigenvalue weighted by atomic mass is 9.80. The minimum atomic E-state index is -0.973. The summed E-state index contributed by atoms with van der Waals surface area (Å²) in [7, 11) is 6.65. The van der Waals surface area contributed by atoms with E-state index in [1.807, 2.05) is 114 Å². The Bertz CT molecular complexity index is 2840. The Morgan fingerprint density at radius 3 is 1.47 bits per heavy atom. The van der Waals surface area contributed by atoms with E-state index in [0.29, 0.717) is 30.1 Å². The first-order valence-electron chi connectivity index (χ1n) is 22.5. The average Bonchev–Trinajstić information content (AvgIpc) is 4.08. The fourth-order valence-electron chi connectivity index (χ4n) is 8.96. The predicted molar refractivity (Wildman–Crippen MR) is 261 cm³/mol. The summed E-state index contributed by atoms with van der Waals surface area (Å²) in [5.74, 6) is 10.1. The number of hydrogen-bond acceptors (Lipinski definition) is 11. The SMILES string of the molecule is COc1ccc(C(OCC#CCNc2ncnc3c2ncn3[C@H]2CC[C@H](COC(c3ccccc3)(c3ccc(OC)cc3)c3ccc(OC)cc3)O2)(c2ccccc2)c2ccc(OC)cc2)cc1. The van der Waals surface area contributed by atoms with Crippen LogP contribution in [0, 0.1) is 11.8 Å². The lowest BCUT2D eigenvalue weighted by molar-refractivity contribution is -0.0756. The number of fused-ring (bicyclic) bond motifs is 1. The van der Waals surface area contributed by atoms with E-state index in [9.17, 15) is 0 Å². The van der Waals surface area contributed by atoms with E-state index in [4.69, 9.17) is 38.1 Å². The van der Waals surface area contributed by atoms with Gasteiger partial charge in [0.05, 0.1) is 54.0 Å². The van der Waals surface area contributed by atoms with E-state index >= 15 is 0 Å². The normalized spacial score (nSPS) is 14.8. The molecule has 0 aliphatic carbocycles. The molecule has 1 aliphatic rings. The fourth-order valence-corrected chi connectivity index (χ4v) is 8.96. The number of benzene rings is 6. The highest BCUT2D eigenvalue weighted by Gasteiger charge is 2.41. The Balaban J connectivity index is 0.904. The Kier molecular flexibility index (Phi) is 14.0. The maximum atomic E-state index is 7.17. The van der Waals surface area contributed by atoms with E-state index in [2.05, 4.69) is 75.7 Å². The maximum Gasteiger partial charge on any atom is 0.167 e. The lowest BCUT2D eigenvalue weighted by Crippen LogP contribution is -2.35. The highest BCUT2D eigenvalue weighted by Crippen LogP contribution is 2.44. The molecule has 1 aliphatic heterocycles. The molecule has 0 saturated carbocycles. The number of methoxy groups -OCH3 is 4. The first-order chi connectivity index (χ1) is 33.5. The summed E-state index contributed by atoms with van der Waals surface area (Å²) in [6.45, 7) is 0.766. The molecule has 12 heteroatoms. The minimum absolute atomic E-state index is 0.138. The summed E-state index contributed by atoms with van der Waals surface area (Å²) in [5.41, 5.74) is 5.08. The van der Waals surface area contributed by atoms with Gasteiger partial charge in [0.15, 0.2) is 17.0 Å². The van der Waals surface area contributed by atoms with Crippen molar-refractivity contribution in [3.8, 4) is 34.8 Å². The molecule has 68 heavy (non-hydrogen) atoms. The number of nitrogens with one attached hydrogen (secondary N) is 1. The van der Waals surface area contributed by atoms with Gasteiger partial charge in [0, 0.05) is 0 Å². The van der Waals surface area contributed by atoms with E-state index in [-0.39, 0.29) is 18.9 Å². The Morgan fingerprint density at radius 2 is 1.00 bits per heavy atom. The smallest absolute Gasteiger partial charge is 0.167 e. The van der Waals surface area contributed by atoms with Gasteiger partial charge < -0.3 is 38.5 Å². The van der Waals surface area contributed by atoms with Crippen molar-refractivity contribution in [3.63, 3.8) is 0 Å². The van der Waals surface area contributed by atoms with Crippen LogP contribution in [0.3, 0.4) is 0 Å². The molecular weight excluding hydrogens is 855 g/mol. The van der Waals surface area contributed by atoms with Crippen molar-refractivity contribution in [2.75, 3.05) is 53.5 Å². The second kappa shape index (κ2) is 20.9. The van der Waals surface area contributed by atoms with Gasteiger partial charge in [0.2, 0.25) is 0 Å². The quantitative estimate of drug-likeness (QED) is 0.0655. The molecule has 1 saturated heterocycles. The van der Waals surface area contributed by atoms with Gasteiger partial charge in [-0.05, 0) is 94.8 Å². The number of rotatable bonds is 18. The number of nitrogens with zero attached hydrogens (tertiary/aromatic N) is 4. The van der Waals surface area contributed by atoms with Crippen LogP contribution in [0.5, 0.6) is 23.0 Å². The molecular formula is C56H53N5O7. The van der Waals surface area contributed by atoms with Crippen molar-refractivity contribution in [2.24, 2.45) is 0 Å². The Hall–Kier alpha value is -7.69. The van der Waals surface area contributed by atoms with Gasteiger partial charge in [0.1, 0.15) is 53.4 Å². The molecule has 344 valence electrons. The third-order valence-electron chi connectivity index (χ3n) is 12.4. The van der Waals surface area contributed by atoms with Crippen molar-refractivity contribution < 1.29 is 33.2 Å². The molecule has 12 nitrogen and oxygen atoms in total. The molecule has 1 N–H and O–H groups in total. The summed E-state index contributed by atoms with van der Waals surface area (Å²) in [5, 5.41) is 3.36. The molecule has 0 unspecified atom stereocenters. The van der Waals surface area contributed by atoms with Crippen molar-refractivity contribution in [1.82, 2.24) is 19.5 Å². The van der Waals surface area contributed by atoms with Crippen molar-refractivity contribution in [3.05, 3.63) is 204 Å². The summed E-state index contributed by atoms with van der Waals surface area (Å²) in [6, 6.07) is 52.4. The van der Waals surface area contributed by atoms with Crippen molar-refractivity contribution in [2.45, 2.75) is 36.4 Å². The second-order valence-electron chi connectivity index (χ2n) is 16.2. The van der Waals surface area contributed by atoms with Crippen LogP contribution < -0.4 is 24.3 Å². The molecule has 0 spiro atoms. The number of hydrogen-bond donors (Lipinski definition) is 1. The topological polar surface area (TPSA) is 120 Å². The van der Waals surface area contributed by atoms with Gasteiger partial charge in [-0.3, -0.25) is 4.57 Å². The molecule has 2 aromatic heterocycles. The minimum Gasteiger partial charge on any atom is -0.497 e. The monoisotopic (exact) mass is 907 g/mol. The molecule has 0 amide bonds. The molecule has 8 aromatic rings. The van der Waals surface area contributed by atoms with Gasteiger partial charge in [-0.1, -0.05) is 121 Å². The number of imidazole rings is 1. The number of anilines is 1. The van der Waals surface area contributed by atoms with E-state index < -0.39 is 11.2 Å². The predicted octanol–water partition coefficient (Wildman–Crippen LogP) is 9.97. The Morgan fingerprint density at radius 1 is 0.544 bits per heavy atom. The first-order valence-corrected chi connectivity index (χ1v) is 22.5. The summed E-state index contributed by atoms with van der Waals surface area (Å²) in [6.07, 6.45) is 4.31. The zero-order chi connectivity index (χ0) is 46.8. The first kappa shape index (κ1) is 45.5. The maximum absolute atomic E-state index is 7.17. The summed E-state index contributed by atoms with van der Waals surface area (Å²) < 4.78 is 44.8. The van der Waals surface area contributed by atoms with Crippen LogP contribution >= 0.6 is 0 Å². The molecule has 0 bridgehead atoms. The van der Waals surface area contributed by atoms with Gasteiger partial charge in [-0.2, -0.15) is 0 Å². The van der Waals surface area contributed by atoms with Gasteiger partial charge in [-0.25, -0.2) is 15.0 Å². The van der Waals surface area contributed by atoms with Gasteiger partial charge >= 0.3 is 0 Å². The average molecular weight is 908 g/mol. The highest BCUT2D eigenvalue weighted by atomic mass is 16.6. The van der Waals surface area contributed by atoms with Crippen LogP contribution in [0.4, 0.5) is 5.82 Å². The lowest BCUT2D eigenvalue weighted by Gasteiger charge is -2.37. The van der Waals surface area contributed by atoms with Crippen LogP contribution in [-0.4, -0.2) is 73.8 Å². The van der Waals surface area contributed by atoms with Crippen LogP contribution in [-0.2, 0) is 25.4 Å². The molecule has 6 aromatic carbocycles. The molecule has 3 heterocycles. The van der Waals surface area contributed by atoms with E-state index in [1.165, 1.54) is 6.33 Å². The summed E-state index contributed by atoms with van der Waals surface area (Å²) >= 11 is 0. The highest BCUT2D eigenvalue weighted by molar-refractivity contribution is 5.82. The van der Waals surface area contributed by atoms with Gasteiger partial charge in [-0.15, -0.1) is 0 Å². The number of ether oxygens (including phenoxy) is 7. The molecule has 0 radical (unpaired) electrons. The second-order valence-corrected chi connectivity index (χ2v) is 16.2. The van der Waals surface area contributed by atoms with Crippen LogP contribution in [0.2, 0.25) is 0 Å². The molecule has 2 atom stereocenters. The van der Waals surface area contributed by atoms with E-state index in [0.717, 1.165) is 69.2 Å². The van der Waals surface area contributed by atoms with E-state index in [1.54, 1.807) is 34.8 Å². The van der Waals surface area contributed by atoms with Crippen LogP contribution in [0.1, 0.15) is 52.5 Å². The zero-order valence-corrected chi connectivity index (χ0v) is 38.5. The Labute approximate surface area is 396 Å². The molecule has 9 rings (SSSR count). The fraction of sp³-hybridized carbons (Fsp3) is 0.232. The third-order valence-corrected chi connectivity index (χ3v) is 12.4. The third kappa shape index (κ3) is 9.20. The number of aromatic nitrogens is 4. The summed E-state index contributed by atoms with van der Waals surface area (Å²) in [4.78, 5) is 13.9. The largest absolute Gasteiger partial charge is 0.497 e.